The number of hydrogen-bond donors (Lipinski definition) is 0. The van der Waals surface area contributed by atoms with E-state index in [0.29, 0.717) is 5.75 Å². The molecule has 1 aromatic rings. The Labute approximate surface area is 106 Å². The Morgan fingerprint density at radius 2 is 2.00 bits per heavy atom. The SMILES string of the molecule is Fc1c[c-]cc(OC2CCCC2)c1.[Zn+][Br]. The van der Waals surface area contributed by atoms with Crippen LogP contribution in [0.1, 0.15) is 25.7 Å². The molecule has 0 radical (unpaired) electrons. The molecule has 15 heavy (non-hydrogen) atoms. The van der Waals surface area contributed by atoms with Crippen LogP contribution in [0.25, 0.3) is 0 Å². The van der Waals surface area contributed by atoms with Crippen LogP contribution in [0.3, 0.4) is 0 Å². The van der Waals surface area contributed by atoms with Gasteiger partial charge in [0, 0.05) is 11.6 Å². The maximum atomic E-state index is 12.7. The van der Waals surface area contributed by atoms with Crippen molar-refractivity contribution >= 4 is 13.6 Å². The first-order valence-electron chi connectivity index (χ1n) is 4.94. The molecule has 2 rings (SSSR count). The van der Waals surface area contributed by atoms with E-state index in [1.54, 1.807) is 6.07 Å². The molecule has 0 heterocycles. The Hall–Kier alpha value is 0.0534. The molecule has 0 atom stereocenters. The predicted octanol–water partition coefficient (Wildman–Crippen LogP) is 3.79. The molecule has 0 amide bonds. The molecule has 0 aliphatic heterocycles. The summed E-state index contributed by atoms with van der Waals surface area (Å²) in [5, 5.41) is 0. The van der Waals surface area contributed by atoms with Gasteiger partial charge in [0.25, 0.3) is 0 Å². The molecule has 0 N–H and O–H groups in total. The molecule has 0 aromatic heterocycles. The van der Waals surface area contributed by atoms with Crippen LogP contribution >= 0.6 is 13.6 Å². The van der Waals surface area contributed by atoms with Crippen LogP contribution in [0, 0.1) is 11.9 Å². The van der Waals surface area contributed by atoms with Crippen LogP contribution in [0.5, 0.6) is 5.75 Å². The van der Waals surface area contributed by atoms with E-state index < -0.39 is 0 Å². The summed E-state index contributed by atoms with van der Waals surface area (Å²) in [5.41, 5.74) is 0. The average Bonchev–Trinajstić information content (AvgIpc) is 2.74. The molecule has 1 aliphatic carbocycles. The van der Waals surface area contributed by atoms with Crippen LogP contribution < -0.4 is 4.74 Å². The Morgan fingerprint density at radius 3 is 2.60 bits per heavy atom. The van der Waals surface area contributed by atoms with E-state index in [2.05, 4.69) is 19.7 Å². The fourth-order valence-electron chi connectivity index (χ4n) is 1.69. The average molecular weight is 325 g/mol. The number of halogens is 2. The molecule has 0 bridgehead atoms. The molecule has 0 unspecified atom stereocenters. The zero-order chi connectivity index (χ0) is 11.1. The van der Waals surface area contributed by atoms with Crippen molar-refractivity contribution < 1.29 is 25.5 Å². The van der Waals surface area contributed by atoms with Crippen molar-refractivity contribution in [2.75, 3.05) is 0 Å². The van der Waals surface area contributed by atoms with Gasteiger partial charge in [-0.15, -0.1) is 12.1 Å². The van der Waals surface area contributed by atoms with Gasteiger partial charge in [-0.05, 0) is 25.7 Å². The summed E-state index contributed by atoms with van der Waals surface area (Å²) in [6.45, 7) is 0. The second-order valence-corrected chi connectivity index (χ2v) is 3.41. The molecule has 1 aromatic carbocycles. The molecule has 1 saturated carbocycles. The molecule has 0 saturated heterocycles. The maximum absolute atomic E-state index is 12.7. The molecule has 78 valence electrons. The Kier molecular flexibility index (Phi) is 6.43. The van der Waals surface area contributed by atoms with E-state index in [0.717, 1.165) is 12.8 Å². The summed E-state index contributed by atoms with van der Waals surface area (Å²) in [5.74, 6) is 0.322. The van der Waals surface area contributed by atoms with Crippen molar-refractivity contribution in [2.24, 2.45) is 0 Å². The molecular formula is C11H12BrFOZn. The van der Waals surface area contributed by atoms with Gasteiger partial charge in [0.1, 0.15) is 0 Å². The van der Waals surface area contributed by atoms with Crippen molar-refractivity contribution in [3.8, 4) is 5.75 Å². The number of benzene rings is 1. The number of hydrogen-bond acceptors (Lipinski definition) is 1. The Balaban J connectivity index is 0.000000531. The monoisotopic (exact) mass is 322 g/mol. The van der Waals surface area contributed by atoms with Crippen molar-refractivity contribution in [2.45, 2.75) is 31.8 Å². The molecule has 1 fully saturated rings. The van der Waals surface area contributed by atoms with Crippen molar-refractivity contribution in [1.29, 1.82) is 0 Å². The van der Waals surface area contributed by atoms with Gasteiger partial charge < -0.3 is 4.74 Å². The zero-order valence-corrected chi connectivity index (χ0v) is 13.1. The van der Waals surface area contributed by atoms with Crippen LogP contribution in [0.4, 0.5) is 4.39 Å². The molecule has 0 spiro atoms. The van der Waals surface area contributed by atoms with Crippen LogP contribution in [-0.2, 0) is 16.3 Å². The second kappa shape index (κ2) is 7.35. The molecule has 1 nitrogen and oxygen atoms in total. The number of ether oxygens (including phenoxy) is 1. The summed E-state index contributed by atoms with van der Waals surface area (Å²) in [7, 11) is 0. The van der Waals surface area contributed by atoms with Crippen LogP contribution in [0.2, 0.25) is 0 Å². The first-order chi connectivity index (χ1) is 7.34. The minimum absolute atomic E-state index is 0.282. The quantitative estimate of drug-likeness (QED) is 0.594. The van der Waals surface area contributed by atoms with Gasteiger partial charge in [-0.1, -0.05) is 6.07 Å². The van der Waals surface area contributed by atoms with Gasteiger partial charge in [-0.2, -0.15) is 6.07 Å². The van der Waals surface area contributed by atoms with E-state index in [1.807, 2.05) is 0 Å². The third-order valence-electron chi connectivity index (χ3n) is 2.33. The predicted molar refractivity (Wildman–Crippen MR) is 57.0 cm³/mol. The van der Waals surface area contributed by atoms with Crippen molar-refractivity contribution in [3.05, 3.63) is 30.1 Å². The molecule has 1 aliphatic rings. The Bertz CT molecular complexity index is 290. The fraction of sp³-hybridized carbons (Fsp3) is 0.455. The first kappa shape index (κ1) is 13.1. The fourth-order valence-corrected chi connectivity index (χ4v) is 1.69. The minimum atomic E-state index is -0.282. The van der Waals surface area contributed by atoms with Crippen LogP contribution in [-0.4, -0.2) is 6.10 Å². The van der Waals surface area contributed by atoms with Gasteiger partial charge in [-0.25, -0.2) is 0 Å². The van der Waals surface area contributed by atoms with Crippen molar-refractivity contribution in [3.63, 3.8) is 0 Å². The number of rotatable bonds is 2. The zero-order valence-electron chi connectivity index (χ0n) is 8.51. The second-order valence-electron chi connectivity index (χ2n) is 3.41. The topological polar surface area (TPSA) is 9.23 Å². The van der Waals surface area contributed by atoms with E-state index in [1.165, 1.54) is 41.3 Å². The van der Waals surface area contributed by atoms with E-state index >= 15 is 0 Å². The molecule has 4 heteroatoms. The van der Waals surface area contributed by atoms with E-state index in [9.17, 15) is 4.39 Å². The van der Waals surface area contributed by atoms with Gasteiger partial charge in [0.2, 0.25) is 0 Å². The summed E-state index contributed by atoms with van der Waals surface area (Å²) in [6.07, 6.45) is 4.93. The van der Waals surface area contributed by atoms with Gasteiger partial charge >= 0.3 is 30.0 Å². The summed E-state index contributed by atoms with van der Waals surface area (Å²) >= 11 is 4.25. The van der Waals surface area contributed by atoms with Gasteiger partial charge in [-0.3, -0.25) is 4.39 Å². The van der Waals surface area contributed by atoms with Gasteiger partial charge in [0.15, 0.2) is 0 Å². The first-order valence-corrected chi connectivity index (χ1v) is 11.9. The van der Waals surface area contributed by atoms with Gasteiger partial charge in [0.05, 0.1) is 6.10 Å². The normalized spacial score (nSPS) is 15.7. The van der Waals surface area contributed by atoms with E-state index in [-0.39, 0.29) is 11.9 Å². The van der Waals surface area contributed by atoms with E-state index in [4.69, 9.17) is 4.74 Å². The molecular weight excluding hydrogens is 312 g/mol. The summed E-state index contributed by atoms with van der Waals surface area (Å²) in [4.78, 5) is 0. The standard InChI is InChI=1S/C11H12FO.BrH.Zn/c12-9-4-3-7-11(8-9)13-10-5-1-2-6-10;;/h4,7-8,10H,1-2,5-6H2;1H;/q-1;;+2/p-1. The van der Waals surface area contributed by atoms with Crippen molar-refractivity contribution in [1.82, 2.24) is 0 Å². The van der Waals surface area contributed by atoms with Crippen LogP contribution in [0.15, 0.2) is 18.2 Å². The Morgan fingerprint density at radius 1 is 1.33 bits per heavy atom. The summed E-state index contributed by atoms with van der Waals surface area (Å²) in [6, 6.07) is 7.10. The summed E-state index contributed by atoms with van der Waals surface area (Å²) < 4.78 is 18.3. The third-order valence-corrected chi connectivity index (χ3v) is 2.33. The third kappa shape index (κ3) is 4.61.